The van der Waals surface area contributed by atoms with Gasteiger partial charge in [0.2, 0.25) is 0 Å². The summed E-state index contributed by atoms with van der Waals surface area (Å²) in [7, 11) is 0. The molecule has 3 rings (SSSR count). The first-order valence-corrected chi connectivity index (χ1v) is 9.14. The van der Waals surface area contributed by atoms with E-state index >= 15 is 0 Å². The Morgan fingerprint density at radius 2 is 1.93 bits per heavy atom. The standard InChI is InChI=1S/C20H22ClN3O3/c1-5-22-18-8-14(21)7-16(12(18)3)20(26)23-10-17-13(4)24-15(9-19(17)25)6-11(2)27-24/h6-9,22H,5,10H2,1-4H3,(H,23,26). The molecule has 1 aromatic carbocycles. The normalized spacial score (nSPS) is 11.0. The number of carbonyl (C=O) groups is 1. The fraction of sp³-hybridized carbons (Fsp3) is 0.300. The molecule has 0 atom stereocenters. The quantitative estimate of drug-likeness (QED) is 0.697. The summed E-state index contributed by atoms with van der Waals surface area (Å²) < 4.78 is 7.21. The van der Waals surface area contributed by atoms with Crippen LogP contribution in [0.2, 0.25) is 5.02 Å². The lowest BCUT2D eigenvalue weighted by molar-refractivity contribution is 0.0950. The zero-order valence-corrected chi connectivity index (χ0v) is 16.5. The van der Waals surface area contributed by atoms with Crippen LogP contribution < -0.4 is 16.1 Å². The van der Waals surface area contributed by atoms with Crippen molar-refractivity contribution in [2.45, 2.75) is 34.2 Å². The average molecular weight is 388 g/mol. The van der Waals surface area contributed by atoms with Crippen LogP contribution in [0.1, 0.15) is 39.9 Å². The molecular formula is C20H22ClN3O3. The van der Waals surface area contributed by atoms with E-state index in [4.69, 9.17) is 16.1 Å². The number of rotatable bonds is 5. The molecule has 2 N–H and O–H groups in total. The summed E-state index contributed by atoms with van der Waals surface area (Å²) in [5.41, 5.74) is 3.83. The first-order valence-electron chi connectivity index (χ1n) is 8.76. The van der Waals surface area contributed by atoms with Gasteiger partial charge in [-0.3, -0.25) is 9.59 Å². The summed E-state index contributed by atoms with van der Waals surface area (Å²) in [6, 6.07) is 6.74. The van der Waals surface area contributed by atoms with Crippen LogP contribution in [0.5, 0.6) is 0 Å². The van der Waals surface area contributed by atoms with E-state index in [0.717, 1.165) is 17.8 Å². The van der Waals surface area contributed by atoms with Crippen LogP contribution in [0.4, 0.5) is 5.69 Å². The Kier molecular flexibility index (Phi) is 5.28. The number of hydrogen-bond acceptors (Lipinski definition) is 4. The highest BCUT2D eigenvalue weighted by Gasteiger charge is 2.16. The van der Waals surface area contributed by atoms with Gasteiger partial charge in [-0.05, 0) is 45.4 Å². The number of amides is 1. The molecule has 142 valence electrons. The van der Waals surface area contributed by atoms with E-state index in [1.54, 1.807) is 29.7 Å². The van der Waals surface area contributed by atoms with Crippen LogP contribution in [0.15, 0.2) is 33.6 Å². The molecule has 0 saturated carbocycles. The first kappa shape index (κ1) is 19.0. The third-order valence-electron chi connectivity index (χ3n) is 4.55. The third kappa shape index (κ3) is 3.71. The van der Waals surface area contributed by atoms with Crippen molar-refractivity contribution in [1.82, 2.24) is 9.89 Å². The minimum atomic E-state index is -0.284. The Morgan fingerprint density at radius 1 is 1.19 bits per heavy atom. The van der Waals surface area contributed by atoms with Crippen molar-refractivity contribution >= 4 is 28.7 Å². The lowest BCUT2D eigenvalue weighted by Gasteiger charge is -2.14. The number of anilines is 1. The highest BCUT2D eigenvalue weighted by Crippen LogP contribution is 2.25. The highest BCUT2D eigenvalue weighted by molar-refractivity contribution is 6.31. The number of pyridine rings is 1. The fourth-order valence-corrected chi connectivity index (χ4v) is 3.36. The number of fused-ring (bicyclic) bond motifs is 1. The average Bonchev–Trinajstić information content (AvgIpc) is 2.98. The Balaban J connectivity index is 1.88. The van der Waals surface area contributed by atoms with Crippen LogP contribution in [-0.2, 0) is 6.54 Å². The van der Waals surface area contributed by atoms with Crippen molar-refractivity contribution in [3.63, 3.8) is 0 Å². The Labute approximate surface area is 162 Å². The largest absolute Gasteiger partial charge is 0.385 e. The minimum Gasteiger partial charge on any atom is -0.385 e. The number of benzene rings is 1. The van der Waals surface area contributed by atoms with Crippen molar-refractivity contribution in [2.24, 2.45) is 0 Å². The van der Waals surface area contributed by atoms with Crippen LogP contribution in [0.25, 0.3) is 5.52 Å². The number of aromatic nitrogens is 1. The van der Waals surface area contributed by atoms with Gasteiger partial charge in [0.15, 0.2) is 5.43 Å². The summed E-state index contributed by atoms with van der Waals surface area (Å²) in [6.45, 7) is 8.29. The summed E-state index contributed by atoms with van der Waals surface area (Å²) in [6.07, 6.45) is 0. The zero-order chi connectivity index (χ0) is 19.7. The lowest BCUT2D eigenvalue weighted by atomic mass is 10.1. The molecule has 0 unspecified atom stereocenters. The van der Waals surface area contributed by atoms with E-state index in [1.165, 1.54) is 6.07 Å². The van der Waals surface area contributed by atoms with Gasteiger partial charge in [0.25, 0.3) is 5.91 Å². The molecule has 0 spiro atoms. The maximum absolute atomic E-state index is 12.7. The first-order chi connectivity index (χ1) is 12.8. The molecule has 0 aliphatic heterocycles. The molecule has 27 heavy (non-hydrogen) atoms. The van der Waals surface area contributed by atoms with Crippen LogP contribution in [0.3, 0.4) is 0 Å². The van der Waals surface area contributed by atoms with Crippen molar-refractivity contribution in [3.05, 3.63) is 67.7 Å². The van der Waals surface area contributed by atoms with E-state index < -0.39 is 0 Å². The summed E-state index contributed by atoms with van der Waals surface area (Å²) in [4.78, 5) is 25.1. The summed E-state index contributed by atoms with van der Waals surface area (Å²) >= 11 is 6.15. The molecule has 3 aromatic rings. The van der Waals surface area contributed by atoms with Crippen molar-refractivity contribution < 1.29 is 9.32 Å². The molecule has 1 amide bonds. The molecule has 0 aliphatic rings. The number of hydrogen-bond donors (Lipinski definition) is 2. The molecule has 0 radical (unpaired) electrons. The van der Waals surface area contributed by atoms with Gasteiger partial charge in [0, 0.05) is 47.1 Å². The van der Waals surface area contributed by atoms with E-state index in [9.17, 15) is 9.59 Å². The highest BCUT2D eigenvalue weighted by atomic mass is 35.5. The number of halogens is 1. The van der Waals surface area contributed by atoms with E-state index in [0.29, 0.717) is 33.1 Å². The predicted octanol–water partition coefficient (Wildman–Crippen LogP) is 3.83. The van der Waals surface area contributed by atoms with E-state index in [-0.39, 0.29) is 17.9 Å². The van der Waals surface area contributed by atoms with Gasteiger partial charge < -0.3 is 15.2 Å². The predicted molar refractivity (Wildman–Crippen MR) is 107 cm³/mol. The van der Waals surface area contributed by atoms with Gasteiger partial charge in [0.1, 0.15) is 5.76 Å². The van der Waals surface area contributed by atoms with Crippen LogP contribution >= 0.6 is 11.6 Å². The summed E-state index contributed by atoms with van der Waals surface area (Å²) in [5, 5.41) is 6.50. The minimum absolute atomic E-state index is 0.106. The number of nitrogens with one attached hydrogen (secondary N) is 2. The van der Waals surface area contributed by atoms with E-state index in [1.807, 2.05) is 20.8 Å². The second-order valence-corrected chi connectivity index (χ2v) is 6.91. The lowest BCUT2D eigenvalue weighted by Crippen LogP contribution is -2.28. The van der Waals surface area contributed by atoms with E-state index in [2.05, 4.69) is 10.6 Å². The Morgan fingerprint density at radius 3 is 2.63 bits per heavy atom. The van der Waals surface area contributed by atoms with Gasteiger partial charge in [-0.2, -0.15) is 4.57 Å². The number of aryl methyl sites for hydroxylation is 2. The zero-order valence-electron chi connectivity index (χ0n) is 15.8. The van der Waals surface area contributed by atoms with Crippen LogP contribution in [-0.4, -0.2) is 17.0 Å². The smallest absolute Gasteiger partial charge is 0.251 e. The molecule has 2 aromatic heterocycles. The molecule has 6 nitrogen and oxygen atoms in total. The molecule has 0 aliphatic carbocycles. The monoisotopic (exact) mass is 387 g/mol. The number of carbonyl (C=O) groups excluding carboxylic acids is 1. The van der Waals surface area contributed by atoms with Gasteiger partial charge in [-0.1, -0.05) is 11.6 Å². The summed E-state index contributed by atoms with van der Waals surface area (Å²) in [5.74, 6) is 0.429. The van der Waals surface area contributed by atoms with Crippen molar-refractivity contribution in [1.29, 1.82) is 0 Å². The maximum Gasteiger partial charge on any atom is 0.251 e. The molecule has 0 bridgehead atoms. The topological polar surface area (TPSA) is 75.8 Å². The van der Waals surface area contributed by atoms with Crippen LogP contribution in [0, 0.1) is 20.8 Å². The van der Waals surface area contributed by atoms with Gasteiger partial charge >= 0.3 is 0 Å². The second kappa shape index (κ2) is 7.48. The Bertz CT molecular complexity index is 1080. The Hall–Kier alpha value is -2.73. The van der Waals surface area contributed by atoms with Crippen molar-refractivity contribution in [3.8, 4) is 0 Å². The van der Waals surface area contributed by atoms with Gasteiger partial charge in [-0.15, -0.1) is 0 Å². The van der Waals surface area contributed by atoms with Crippen molar-refractivity contribution in [2.75, 3.05) is 11.9 Å². The third-order valence-corrected chi connectivity index (χ3v) is 4.77. The molecule has 7 heteroatoms. The molecule has 2 heterocycles. The maximum atomic E-state index is 12.7. The second-order valence-electron chi connectivity index (χ2n) is 6.48. The SMILES string of the molecule is CCNc1cc(Cl)cc(C(=O)NCc2c(C)n3oc(C)cc3cc2=O)c1C. The fourth-order valence-electron chi connectivity index (χ4n) is 3.14. The molecule has 0 fully saturated rings. The van der Waals surface area contributed by atoms with Gasteiger partial charge in [-0.25, -0.2) is 0 Å². The van der Waals surface area contributed by atoms with Gasteiger partial charge in [0.05, 0.1) is 11.2 Å². The number of nitrogens with zero attached hydrogens (tertiary/aromatic N) is 1. The molecule has 0 saturated heterocycles. The molecular weight excluding hydrogens is 366 g/mol.